The number of rotatable bonds is 4. The Hall–Kier alpha value is -0.610. The van der Waals surface area contributed by atoms with Crippen LogP contribution >= 0.6 is 0 Å². The van der Waals surface area contributed by atoms with Crippen molar-refractivity contribution in [3.8, 4) is 0 Å². The Labute approximate surface area is 54.2 Å². The first-order chi connectivity index (χ1) is 4.18. The maximum Gasteiger partial charge on any atom is 0.234 e. The fraction of sp³-hybridized carbons (Fsp3) is 0.800. The van der Waals surface area contributed by atoms with Crippen molar-refractivity contribution < 1.29 is 9.53 Å². The van der Waals surface area contributed by atoms with Crippen LogP contribution in [0.2, 0.25) is 0 Å². The van der Waals surface area contributed by atoms with Crippen LogP contribution in [0.15, 0.2) is 0 Å². The van der Waals surface area contributed by atoms with E-state index in [1.54, 1.807) is 7.11 Å². The fourth-order valence-corrected chi connectivity index (χ4v) is 0.387. The van der Waals surface area contributed by atoms with E-state index in [-0.39, 0.29) is 0 Å². The molecule has 0 aromatic carbocycles. The van der Waals surface area contributed by atoms with Crippen LogP contribution in [0.25, 0.3) is 0 Å². The summed E-state index contributed by atoms with van der Waals surface area (Å²) in [4.78, 5) is 10.2. The molecule has 0 aliphatic heterocycles. The zero-order chi connectivity index (χ0) is 7.28. The van der Waals surface area contributed by atoms with E-state index < -0.39 is 11.9 Å². The van der Waals surface area contributed by atoms with Gasteiger partial charge in [-0.1, -0.05) is 0 Å². The van der Waals surface area contributed by atoms with Gasteiger partial charge in [0.2, 0.25) is 5.91 Å². The minimum Gasteiger partial charge on any atom is -0.385 e. The Morgan fingerprint density at radius 2 is 2.33 bits per heavy atom. The van der Waals surface area contributed by atoms with Gasteiger partial charge in [-0.05, 0) is 6.42 Å². The van der Waals surface area contributed by atoms with Crippen LogP contribution in [0, 0.1) is 0 Å². The first kappa shape index (κ1) is 8.39. The molecule has 0 aliphatic carbocycles. The second kappa shape index (κ2) is 4.29. The third-order valence-electron chi connectivity index (χ3n) is 0.998. The standard InChI is InChI=1S/C5H12N2O2/c1-9-3-2-4(6)5(7)8/h4H,2-3,6H2,1H3,(H2,7,8)/t4-/m1/s1. The van der Waals surface area contributed by atoms with Gasteiger partial charge in [-0.2, -0.15) is 0 Å². The number of carbonyl (C=O) groups is 1. The van der Waals surface area contributed by atoms with Crippen LogP contribution in [0.4, 0.5) is 0 Å². The summed E-state index contributed by atoms with van der Waals surface area (Å²) in [6.45, 7) is 0.476. The summed E-state index contributed by atoms with van der Waals surface area (Å²) in [6.07, 6.45) is 0.492. The van der Waals surface area contributed by atoms with Gasteiger partial charge in [-0.25, -0.2) is 0 Å². The zero-order valence-corrected chi connectivity index (χ0v) is 5.46. The van der Waals surface area contributed by atoms with Crippen LogP contribution in [-0.2, 0) is 9.53 Å². The van der Waals surface area contributed by atoms with Gasteiger partial charge in [-0.15, -0.1) is 0 Å². The van der Waals surface area contributed by atoms with Crippen molar-refractivity contribution in [2.75, 3.05) is 13.7 Å². The smallest absolute Gasteiger partial charge is 0.234 e. The molecule has 0 aromatic heterocycles. The van der Waals surface area contributed by atoms with E-state index in [0.717, 1.165) is 0 Å². The van der Waals surface area contributed by atoms with Crippen molar-refractivity contribution in [1.82, 2.24) is 0 Å². The van der Waals surface area contributed by atoms with Crippen molar-refractivity contribution >= 4 is 5.91 Å². The Bertz CT molecular complexity index is 95.0. The average Bonchev–Trinajstić information content (AvgIpc) is 1.82. The molecule has 0 spiro atoms. The minimum atomic E-state index is -0.565. The molecule has 0 aromatic rings. The Balaban J connectivity index is 3.27. The predicted octanol–water partition coefficient (Wildman–Crippen LogP) is -1.16. The van der Waals surface area contributed by atoms with Gasteiger partial charge in [0.05, 0.1) is 6.04 Å². The van der Waals surface area contributed by atoms with Crippen molar-refractivity contribution in [2.24, 2.45) is 11.5 Å². The topological polar surface area (TPSA) is 78.3 Å². The molecule has 1 amide bonds. The lowest BCUT2D eigenvalue weighted by Gasteiger charge is -2.04. The summed E-state index contributed by atoms with van der Waals surface area (Å²) in [7, 11) is 1.55. The first-order valence-corrected chi connectivity index (χ1v) is 2.72. The molecule has 4 N–H and O–H groups in total. The second-order valence-corrected chi connectivity index (χ2v) is 1.79. The molecular weight excluding hydrogens is 120 g/mol. The average molecular weight is 132 g/mol. The zero-order valence-electron chi connectivity index (χ0n) is 5.46. The maximum atomic E-state index is 10.2. The molecule has 4 heteroatoms. The number of nitrogens with two attached hydrogens (primary N) is 2. The molecule has 0 saturated heterocycles. The molecule has 54 valence electrons. The van der Waals surface area contributed by atoms with E-state index in [2.05, 4.69) is 4.74 Å². The summed E-state index contributed by atoms with van der Waals surface area (Å²) in [5.74, 6) is -0.480. The largest absolute Gasteiger partial charge is 0.385 e. The van der Waals surface area contributed by atoms with Gasteiger partial charge in [-0.3, -0.25) is 4.79 Å². The van der Waals surface area contributed by atoms with Crippen LogP contribution in [-0.4, -0.2) is 25.7 Å². The summed E-state index contributed by atoms with van der Waals surface area (Å²) in [5, 5.41) is 0. The third kappa shape index (κ3) is 3.93. The normalized spacial score (nSPS) is 13.1. The lowest BCUT2D eigenvalue weighted by molar-refractivity contribution is -0.119. The Kier molecular flexibility index (Phi) is 4.00. The number of primary amides is 1. The van der Waals surface area contributed by atoms with Gasteiger partial charge in [0.1, 0.15) is 0 Å². The maximum absolute atomic E-state index is 10.2. The molecule has 0 rings (SSSR count). The highest BCUT2D eigenvalue weighted by Gasteiger charge is 2.06. The number of methoxy groups -OCH3 is 1. The molecule has 0 bridgehead atoms. The molecule has 0 aliphatic rings. The van der Waals surface area contributed by atoms with E-state index in [1.165, 1.54) is 0 Å². The van der Waals surface area contributed by atoms with Gasteiger partial charge in [0.15, 0.2) is 0 Å². The van der Waals surface area contributed by atoms with Gasteiger partial charge in [0, 0.05) is 13.7 Å². The Morgan fingerprint density at radius 1 is 1.78 bits per heavy atom. The quantitative estimate of drug-likeness (QED) is 0.506. The van der Waals surface area contributed by atoms with Crippen LogP contribution in [0.3, 0.4) is 0 Å². The highest BCUT2D eigenvalue weighted by molar-refractivity contribution is 5.79. The van der Waals surface area contributed by atoms with Crippen molar-refractivity contribution in [1.29, 1.82) is 0 Å². The third-order valence-corrected chi connectivity index (χ3v) is 0.998. The predicted molar refractivity (Wildman–Crippen MR) is 33.7 cm³/mol. The van der Waals surface area contributed by atoms with Crippen LogP contribution in [0.1, 0.15) is 6.42 Å². The van der Waals surface area contributed by atoms with E-state index in [0.29, 0.717) is 13.0 Å². The lowest BCUT2D eigenvalue weighted by Crippen LogP contribution is -2.37. The van der Waals surface area contributed by atoms with Crippen molar-refractivity contribution in [3.63, 3.8) is 0 Å². The fourth-order valence-electron chi connectivity index (χ4n) is 0.387. The second-order valence-electron chi connectivity index (χ2n) is 1.79. The SMILES string of the molecule is COCC[C@@H](N)C(N)=O. The first-order valence-electron chi connectivity index (χ1n) is 2.72. The molecule has 0 heterocycles. The van der Waals surface area contributed by atoms with E-state index in [4.69, 9.17) is 11.5 Å². The summed E-state index contributed by atoms with van der Waals surface area (Å²) >= 11 is 0. The highest BCUT2D eigenvalue weighted by atomic mass is 16.5. The minimum absolute atomic E-state index is 0.476. The van der Waals surface area contributed by atoms with Crippen LogP contribution in [0.5, 0.6) is 0 Å². The van der Waals surface area contributed by atoms with Gasteiger partial charge in [0.25, 0.3) is 0 Å². The van der Waals surface area contributed by atoms with E-state index in [1.807, 2.05) is 0 Å². The van der Waals surface area contributed by atoms with E-state index >= 15 is 0 Å². The highest BCUT2D eigenvalue weighted by Crippen LogP contribution is 1.85. The molecule has 0 radical (unpaired) electrons. The van der Waals surface area contributed by atoms with Crippen molar-refractivity contribution in [3.05, 3.63) is 0 Å². The molecular formula is C5H12N2O2. The molecule has 1 atom stereocenters. The molecule has 0 saturated carbocycles. The summed E-state index contributed by atoms with van der Waals surface area (Å²) in [6, 6.07) is -0.565. The van der Waals surface area contributed by atoms with Crippen LogP contribution < -0.4 is 11.5 Å². The lowest BCUT2D eigenvalue weighted by atomic mass is 10.2. The number of hydrogen-bond donors (Lipinski definition) is 2. The summed E-state index contributed by atoms with van der Waals surface area (Å²) in [5.41, 5.74) is 10.1. The number of carbonyl (C=O) groups excluding carboxylic acids is 1. The molecule has 0 unspecified atom stereocenters. The van der Waals surface area contributed by atoms with E-state index in [9.17, 15) is 4.79 Å². The number of ether oxygens (including phenoxy) is 1. The molecule has 9 heavy (non-hydrogen) atoms. The molecule has 0 fully saturated rings. The van der Waals surface area contributed by atoms with Gasteiger partial charge < -0.3 is 16.2 Å². The number of hydrogen-bond acceptors (Lipinski definition) is 3. The summed E-state index contributed by atoms with van der Waals surface area (Å²) < 4.78 is 4.67. The monoisotopic (exact) mass is 132 g/mol. The van der Waals surface area contributed by atoms with Gasteiger partial charge >= 0.3 is 0 Å². The number of amides is 1. The van der Waals surface area contributed by atoms with Crippen molar-refractivity contribution in [2.45, 2.75) is 12.5 Å². The Morgan fingerprint density at radius 3 is 2.67 bits per heavy atom. The molecule has 4 nitrogen and oxygen atoms in total.